The molecule has 0 aliphatic heterocycles. The molecule has 0 saturated carbocycles. The zero-order chi connectivity index (χ0) is 30.8. The van der Waals surface area contributed by atoms with Crippen molar-refractivity contribution in [3.8, 4) is 33.8 Å². The predicted molar refractivity (Wildman–Crippen MR) is 165 cm³/mol. The molecule has 224 valence electrons. The van der Waals surface area contributed by atoms with Gasteiger partial charge in [-0.2, -0.15) is 5.10 Å². The summed E-state index contributed by atoms with van der Waals surface area (Å²) in [4.78, 5) is 33.4. The lowest BCUT2D eigenvalue weighted by atomic mass is 10.0. The Morgan fingerprint density at radius 1 is 1.00 bits per heavy atom. The van der Waals surface area contributed by atoms with E-state index in [0.29, 0.717) is 62.5 Å². The van der Waals surface area contributed by atoms with Crippen LogP contribution in [0.3, 0.4) is 0 Å². The molecule has 0 atom stereocenters. The molecule has 0 bridgehead atoms. The molecule has 4 N–H and O–H groups in total. The van der Waals surface area contributed by atoms with Gasteiger partial charge in [0, 0.05) is 48.2 Å². The highest BCUT2D eigenvalue weighted by Crippen LogP contribution is 2.32. The van der Waals surface area contributed by atoms with Crippen LogP contribution in [0, 0.1) is 5.82 Å². The lowest BCUT2D eigenvalue weighted by Crippen LogP contribution is -2.21. The molecule has 0 fully saturated rings. The summed E-state index contributed by atoms with van der Waals surface area (Å²) in [6.07, 6.45) is 9.82. The number of hydrogen-bond donors (Lipinski definition) is 4. The fraction of sp³-hybridized carbons (Fsp3) is 0.200. The molecule has 6 aromatic rings. The first kappa shape index (κ1) is 29.0. The number of amides is 1. The Bertz CT molecular complexity index is 2130. The zero-order valence-corrected chi connectivity index (χ0v) is 24.7. The molecule has 0 spiro atoms. The van der Waals surface area contributed by atoms with E-state index >= 15 is 0 Å². The van der Waals surface area contributed by atoms with Gasteiger partial charge in [-0.05, 0) is 53.9 Å². The van der Waals surface area contributed by atoms with Crippen LogP contribution in [0.1, 0.15) is 31.7 Å². The maximum Gasteiger partial charge on any atom is 0.224 e. The number of carbonyl (C=O) groups excluding carboxylic acids is 1. The van der Waals surface area contributed by atoms with E-state index in [0.717, 1.165) is 30.2 Å². The van der Waals surface area contributed by atoms with Crippen LogP contribution in [0.2, 0.25) is 0 Å². The average Bonchev–Trinajstić information content (AvgIpc) is 3.62. The average molecular weight is 614 g/mol. The van der Waals surface area contributed by atoms with Gasteiger partial charge in [-0.15, -0.1) is 0 Å². The Hall–Kier alpha value is -5.08. The summed E-state index contributed by atoms with van der Waals surface area (Å²) in [5, 5.41) is 11.0. The number of nitrogens with one attached hydrogen (secondary N) is 4. The number of unbranched alkanes of at least 4 members (excludes halogenated alkanes) is 1. The molecule has 1 amide bonds. The highest BCUT2D eigenvalue weighted by atomic mass is 32.2. The third-order valence-electron chi connectivity index (χ3n) is 6.95. The molecule has 5 heterocycles. The van der Waals surface area contributed by atoms with Gasteiger partial charge in [0.05, 0.1) is 23.5 Å². The fourth-order valence-corrected chi connectivity index (χ4v) is 5.28. The maximum atomic E-state index is 14.6. The molecule has 0 aliphatic rings. The number of imidazole rings is 1. The quantitative estimate of drug-likeness (QED) is 0.168. The van der Waals surface area contributed by atoms with Gasteiger partial charge in [0.25, 0.3) is 0 Å². The number of carbonyl (C=O) groups is 1. The van der Waals surface area contributed by atoms with E-state index in [-0.39, 0.29) is 12.5 Å². The number of aromatic amines is 2. The number of hydrogen-bond acceptors (Lipinski definition) is 8. The van der Waals surface area contributed by atoms with Crippen LogP contribution in [-0.2, 0) is 21.4 Å². The summed E-state index contributed by atoms with van der Waals surface area (Å²) >= 11 is 0. The van der Waals surface area contributed by atoms with Crippen LogP contribution in [0.5, 0.6) is 0 Å². The van der Waals surface area contributed by atoms with Crippen molar-refractivity contribution < 1.29 is 17.6 Å². The van der Waals surface area contributed by atoms with Gasteiger partial charge < -0.3 is 10.3 Å². The number of rotatable bonds is 10. The Kier molecular flexibility index (Phi) is 7.84. The van der Waals surface area contributed by atoms with Gasteiger partial charge in [0.15, 0.2) is 17.1 Å². The topological polar surface area (TPSA) is 171 Å². The van der Waals surface area contributed by atoms with Crippen molar-refractivity contribution in [3.63, 3.8) is 0 Å². The highest BCUT2D eigenvalue weighted by Gasteiger charge is 2.18. The van der Waals surface area contributed by atoms with Crippen molar-refractivity contribution in [1.29, 1.82) is 0 Å². The Morgan fingerprint density at radius 3 is 2.66 bits per heavy atom. The second-order valence-electron chi connectivity index (χ2n) is 10.4. The van der Waals surface area contributed by atoms with E-state index in [4.69, 9.17) is 4.98 Å². The molecular formula is C30H28FN9O3S. The van der Waals surface area contributed by atoms with Gasteiger partial charge in [-0.25, -0.2) is 32.5 Å². The third-order valence-corrected chi connectivity index (χ3v) is 7.61. The van der Waals surface area contributed by atoms with E-state index in [2.05, 4.69) is 40.2 Å². The fourth-order valence-electron chi connectivity index (χ4n) is 4.85. The van der Waals surface area contributed by atoms with Crippen molar-refractivity contribution in [2.45, 2.75) is 32.7 Å². The van der Waals surface area contributed by atoms with Crippen LogP contribution in [0.25, 0.3) is 56.0 Å². The number of halogens is 1. The summed E-state index contributed by atoms with van der Waals surface area (Å²) < 4.78 is 40.1. The Morgan fingerprint density at radius 2 is 1.84 bits per heavy atom. The SMILES string of the molecule is CCCCC(=O)Nc1cncc(-c2cnc3[nH]nc(-c4nc5c(-c6cc(F)cc(CNS(C)(=O)=O)c6)ccnc5[nH]4)c3c2)c1. The number of H-pyrrole nitrogens is 2. The van der Waals surface area contributed by atoms with Crippen molar-refractivity contribution in [2.75, 3.05) is 11.6 Å². The van der Waals surface area contributed by atoms with Gasteiger partial charge in [-0.1, -0.05) is 13.3 Å². The lowest BCUT2D eigenvalue weighted by Gasteiger charge is -2.08. The third kappa shape index (κ3) is 6.31. The number of anilines is 1. The van der Waals surface area contributed by atoms with Crippen LogP contribution < -0.4 is 10.0 Å². The lowest BCUT2D eigenvalue weighted by molar-refractivity contribution is -0.116. The number of nitrogens with zero attached hydrogens (tertiary/aromatic N) is 5. The molecular weight excluding hydrogens is 585 g/mol. The monoisotopic (exact) mass is 613 g/mol. The number of pyridine rings is 3. The molecule has 0 radical (unpaired) electrons. The molecule has 0 saturated heterocycles. The molecule has 14 heteroatoms. The van der Waals surface area contributed by atoms with Crippen molar-refractivity contribution in [3.05, 3.63) is 72.6 Å². The first-order valence-electron chi connectivity index (χ1n) is 13.9. The minimum absolute atomic E-state index is 0.0537. The van der Waals surface area contributed by atoms with Gasteiger partial charge in [-0.3, -0.25) is 14.9 Å². The number of benzene rings is 1. The van der Waals surface area contributed by atoms with Crippen LogP contribution in [-0.4, -0.2) is 55.7 Å². The number of fused-ring (bicyclic) bond motifs is 2. The highest BCUT2D eigenvalue weighted by molar-refractivity contribution is 7.88. The summed E-state index contributed by atoms with van der Waals surface area (Å²) in [5.41, 5.74) is 5.73. The van der Waals surface area contributed by atoms with Gasteiger partial charge in [0.2, 0.25) is 15.9 Å². The van der Waals surface area contributed by atoms with Crippen molar-refractivity contribution in [1.82, 2.24) is 39.8 Å². The normalized spacial score (nSPS) is 11.8. The molecule has 44 heavy (non-hydrogen) atoms. The molecule has 5 aromatic heterocycles. The molecule has 12 nitrogen and oxygen atoms in total. The molecule has 1 aromatic carbocycles. The number of sulfonamides is 1. The van der Waals surface area contributed by atoms with Gasteiger partial charge >= 0.3 is 0 Å². The van der Waals surface area contributed by atoms with Crippen molar-refractivity contribution in [2.24, 2.45) is 0 Å². The second-order valence-corrected chi connectivity index (χ2v) is 12.2. The summed E-state index contributed by atoms with van der Waals surface area (Å²) in [7, 11) is -3.45. The largest absolute Gasteiger partial charge is 0.325 e. The molecule has 0 unspecified atom stereocenters. The first-order chi connectivity index (χ1) is 21.2. The standard InChI is InChI=1S/C30H28FN9O3S/c1-3-4-5-25(41)36-22-11-19(14-32-16-22)20-12-24-27(39-40-28(24)34-15-20)30-37-26-23(6-7-33-29(26)38-30)18-8-17(9-21(31)10-18)13-35-44(2,42)43/h6-12,14-16,35H,3-5,13H2,1-2H3,(H,36,41)(H,33,37,38)(H,34,39,40). The van der Waals surface area contributed by atoms with Crippen LogP contribution >= 0.6 is 0 Å². The minimum Gasteiger partial charge on any atom is -0.325 e. The predicted octanol–water partition coefficient (Wildman–Crippen LogP) is 4.94. The van der Waals surface area contributed by atoms with E-state index < -0.39 is 15.8 Å². The Balaban J connectivity index is 1.35. The minimum atomic E-state index is -3.45. The number of aromatic nitrogens is 7. The maximum absolute atomic E-state index is 14.6. The Labute approximate surface area is 251 Å². The van der Waals surface area contributed by atoms with E-state index in [1.165, 1.54) is 12.1 Å². The smallest absolute Gasteiger partial charge is 0.224 e. The van der Waals surface area contributed by atoms with Crippen LogP contribution in [0.15, 0.2) is 61.2 Å². The summed E-state index contributed by atoms with van der Waals surface area (Å²) in [5.74, 6) is -0.144. The van der Waals surface area contributed by atoms with Crippen molar-refractivity contribution >= 4 is 43.8 Å². The van der Waals surface area contributed by atoms with Gasteiger partial charge in [0.1, 0.15) is 17.0 Å². The van der Waals surface area contributed by atoms with Crippen LogP contribution in [0.4, 0.5) is 10.1 Å². The zero-order valence-electron chi connectivity index (χ0n) is 23.8. The molecule has 0 aliphatic carbocycles. The van der Waals surface area contributed by atoms with E-state index in [1.807, 2.05) is 19.1 Å². The van der Waals surface area contributed by atoms with E-state index in [1.54, 1.807) is 36.9 Å². The summed E-state index contributed by atoms with van der Waals surface area (Å²) in [6, 6.07) is 9.83. The summed E-state index contributed by atoms with van der Waals surface area (Å²) in [6.45, 7) is 1.98. The second kappa shape index (κ2) is 11.9. The molecule has 6 rings (SSSR count). The first-order valence-corrected chi connectivity index (χ1v) is 15.7. The van der Waals surface area contributed by atoms with E-state index in [9.17, 15) is 17.6 Å².